The van der Waals surface area contributed by atoms with Gasteiger partial charge in [-0.2, -0.15) is 0 Å². The average Bonchev–Trinajstić information content (AvgIpc) is 3.37. The molecule has 29 heavy (non-hydrogen) atoms. The number of carbonyl (C=O) groups excluding carboxylic acids is 1. The van der Waals surface area contributed by atoms with Crippen molar-refractivity contribution >= 4 is 16.9 Å². The van der Waals surface area contributed by atoms with Gasteiger partial charge in [0.05, 0.1) is 5.60 Å². The first kappa shape index (κ1) is 18.9. The number of nitrogens with one attached hydrogen (secondary N) is 1. The highest BCUT2D eigenvalue weighted by molar-refractivity contribution is 5.84. The molecule has 3 saturated heterocycles. The zero-order chi connectivity index (χ0) is 20.0. The number of aryl methyl sites for hydroxylation is 1. The minimum atomic E-state index is -0.617. The molecular weight excluding hydrogens is 364 g/mol. The molecule has 1 aromatic carbocycles. The predicted molar refractivity (Wildman–Crippen MR) is 114 cm³/mol. The van der Waals surface area contributed by atoms with Crippen molar-refractivity contribution < 1.29 is 9.90 Å². The van der Waals surface area contributed by atoms with Crippen molar-refractivity contribution in [2.75, 3.05) is 39.3 Å². The number of carbonyl (C=O) groups is 1. The third-order valence-corrected chi connectivity index (χ3v) is 7.45. The Morgan fingerprint density at radius 2 is 1.86 bits per heavy atom. The summed E-state index contributed by atoms with van der Waals surface area (Å²) < 4.78 is 0. The van der Waals surface area contributed by atoms with E-state index in [1.165, 1.54) is 22.2 Å². The molecule has 3 aliphatic rings. The van der Waals surface area contributed by atoms with E-state index in [-0.39, 0.29) is 11.9 Å². The number of aromatic amines is 1. The van der Waals surface area contributed by atoms with Gasteiger partial charge in [-0.3, -0.25) is 4.90 Å². The van der Waals surface area contributed by atoms with Gasteiger partial charge >= 0.3 is 6.03 Å². The number of likely N-dealkylation sites (tertiary alicyclic amines) is 3. The zero-order valence-corrected chi connectivity index (χ0v) is 17.4. The fraction of sp³-hybridized carbons (Fsp3) is 0.609. The van der Waals surface area contributed by atoms with E-state index >= 15 is 0 Å². The van der Waals surface area contributed by atoms with Gasteiger partial charge in [0.25, 0.3) is 0 Å². The van der Waals surface area contributed by atoms with Gasteiger partial charge in [0, 0.05) is 68.3 Å². The van der Waals surface area contributed by atoms with E-state index in [1.54, 1.807) is 0 Å². The van der Waals surface area contributed by atoms with Crippen LogP contribution in [0.15, 0.2) is 24.3 Å². The van der Waals surface area contributed by atoms with Crippen molar-refractivity contribution in [1.29, 1.82) is 0 Å². The molecule has 6 nitrogen and oxygen atoms in total. The van der Waals surface area contributed by atoms with E-state index in [2.05, 4.69) is 41.1 Å². The van der Waals surface area contributed by atoms with Gasteiger partial charge in [0.1, 0.15) is 0 Å². The van der Waals surface area contributed by atoms with Gasteiger partial charge in [-0.15, -0.1) is 0 Å². The summed E-state index contributed by atoms with van der Waals surface area (Å²) in [7, 11) is 0. The summed E-state index contributed by atoms with van der Waals surface area (Å²) in [6.45, 7) is 7.93. The Labute approximate surface area is 172 Å². The number of H-pyrrole nitrogens is 1. The van der Waals surface area contributed by atoms with Crippen LogP contribution in [0.2, 0.25) is 0 Å². The highest BCUT2D eigenvalue weighted by atomic mass is 16.3. The predicted octanol–water partition coefficient (Wildman–Crippen LogP) is 2.95. The van der Waals surface area contributed by atoms with Crippen molar-refractivity contribution in [2.24, 2.45) is 5.92 Å². The number of fused-ring (bicyclic) bond motifs is 2. The number of hydrogen-bond acceptors (Lipinski definition) is 3. The van der Waals surface area contributed by atoms with Crippen LogP contribution in [0.3, 0.4) is 0 Å². The fourth-order valence-corrected chi connectivity index (χ4v) is 5.52. The SMILES string of the molecule is Cc1c(CN2CC[C@@]3(O)CCN(C(=O)N4CCCC4)C[C@H]3C2)[nH]c2ccccc12. The van der Waals surface area contributed by atoms with Crippen LogP contribution < -0.4 is 0 Å². The van der Waals surface area contributed by atoms with E-state index in [0.29, 0.717) is 19.5 Å². The maximum Gasteiger partial charge on any atom is 0.320 e. The first-order valence-electron chi connectivity index (χ1n) is 11.1. The van der Waals surface area contributed by atoms with Crippen LogP contribution in [0.25, 0.3) is 10.9 Å². The van der Waals surface area contributed by atoms with Crippen molar-refractivity contribution in [3.8, 4) is 0 Å². The van der Waals surface area contributed by atoms with Crippen LogP contribution in [-0.2, 0) is 6.54 Å². The molecule has 0 bridgehead atoms. The molecule has 0 aliphatic carbocycles. The van der Waals surface area contributed by atoms with Gasteiger partial charge in [0.15, 0.2) is 0 Å². The molecule has 2 N–H and O–H groups in total. The maximum absolute atomic E-state index is 12.8. The molecule has 0 radical (unpaired) electrons. The number of benzene rings is 1. The Kier molecular flexibility index (Phi) is 4.79. The van der Waals surface area contributed by atoms with Crippen molar-refractivity contribution in [2.45, 2.75) is 44.8 Å². The average molecular weight is 397 g/mol. The Morgan fingerprint density at radius 1 is 1.10 bits per heavy atom. The van der Waals surface area contributed by atoms with Crippen molar-refractivity contribution in [3.05, 3.63) is 35.5 Å². The van der Waals surface area contributed by atoms with E-state index in [0.717, 1.165) is 52.0 Å². The third kappa shape index (κ3) is 3.42. The molecule has 0 unspecified atom stereocenters. The topological polar surface area (TPSA) is 62.8 Å². The molecular formula is C23H32N4O2. The second-order valence-corrected chi connectivity index (χ2v) is 9.23. The lowest BCUT2D eigenvalue weighted by Crippen LogP contribution is -2.61. The summed E-state index contributed by atoms with van der Waals surface area (Å²) in [4.78, 5) is 22.8. The monoisotopic (exact) mass is 396 g/mol. The largest absolute Gasteiger partial charge is 0.389 e. The molecule has 156 valence electrons. The minimum Gasteiger partial charge on any atom is -0.389 e. The lowest BCUT2D eigenvalue weighted by molar-refractivity contribution is -0.108. The molecule has 2 amide bonds. The molecule has 2 atom stereocenters. The molecule has 1 aromatic heterocycles. The quantitative estimate of drug-likeness (QED) is 0.820. The van der Waals surface area contributed by atoms with E-state index < -0.39 is 5.60 Å². The van der Waals surface area contributed by atoms with E-state index in [1.807, 2.05) is 9.80 Å². The first-order valence-corrected chi connectivity index (χ1v) is 11.1. The normalized spacial score (nSPS) is 28.1. The smallest absolute Gasteiger partial charge is 0.320 e. The van der Waals surface area contributed by atoms with Crippen LogP contribution in [-0.4, -0.2) is 75.7 Å². The maximum atomic E-state index is 12.8. The van der Waals surface area contributed by atoms with Gasteiger partial charge < -0.3 is 19.9 Å². The highest BCUT2D eigenvalue weighted by Crippen LogP contribution is 2.36. The molecule has 0 saturated carbocycles. The van der Waals surface area contributed by atoms with Gasteiger partial charge in [-0.25, -0.2) is 4.79 Å². The van der Waals surface area contributed by atoms with Crippen LogP contribution in [0.4, 0.5) is 4.79 Å². The number of aliphatic hydroxyl groups is 1. The molecule has 4 heterocycles. The van der Waals surface area contributed by atoms with Crippen LogP contribution in [0, 0.1) is 12.8 Å². The zero-order valence-electron chi connectivity index (χ0n) is 17.4. The Hall–Kier alpha value is -2.05. The van der Waals surface area contributed by atoms with Gasteiger partial charge in [0.2, 0.25) is 0 Å². The van der Waals surface area contributed by atoms with Gasteiger partial charge in [-0.1, -0.05) is 18.2 Å². The number of rotatable bonds is 2. The summed E-state index contributed by atoms with van der Waals surface area (Å²) in [6.07, 6.45) is 3.73. The van der Waals surface area contributed by atoms with Crippen LogP contribution in [0.5, 0.6) is 0 Å². The molecule has 0 spiro atoms. The highest BCUT2D eigenvalue weighted by Gasteiger charge is 2.46. The molecule has 6 heteroatoms. The lowest BCUT2D eigenvalue weighted by atomic mass is 9.75. The number of aromatic nitrogens is 1. The molecule has 5 rings (SSSR count). The van der Waals surface area contributed by atoms with Crippen LogP contribution >= 0.6 is 0 Å². The van der Waals surface area contributed by atoms with Crippen molar-refractivity contribution in [1.82, 2.24) is 19.7 Å². The van der Waals surface area contributed by atoms with E-state index in [9.17, 15) is 9.90 Å². The summed E-state index contributed by atoms with van der Waals surface area (Å²) in [5.74, 6) is 0.126. The number of hydrogen-bond donors (Lipinski definition) is 2. The Balaban J connectivity index is 1.28. The summed E-state index contributed by atoms with van der Waals surface area (Å²) in [5, 5.41) is 12.5. The second kappa shape index (κ2) is 7.33. The summed E-state index contributed by atoms with van der Waals surface area (Å²) in [5.41, 5.74) is 3.15. The van der Waals surface area contributed by atoms with Crippen LogP contribution in [0.1, 0.15) is 36.9 Å². The number of amides is 2. The molecule has 3 aliphatic heterocycles. The molecule has 3 fully saturated rings. The number of nitrogens with zero attached hydrogens (tertiary/aromatic N) is 3. The van der Waals surface area contributed by atoms with Crippen molar-refractivity contribution in [3.63, 3.8) is 0 Å². The Morgan fingerprint density at radius 3 is 2.66 bits per heavy atom. The lowest BCUT2D eigenvalue weighted by Gasteiger charge is -2.50. The molecule has 2 aromatic rings. The summed E-state index contributed by atoms with van der Waals surface area (Å²) in [6, 6.07) is 8.62. The number of para-hydroxylation sites is 1. The van der Waals surface area contributed by atoms with Gasteiger partial charge in [-0.05, 0) is 44.2 Å². The fourth-order valence-electron chi connectivity index (χ4n) is 5.52. The number of urea groups is 1. The number of piperidine rings is 2. The summed E-state index contributed by atoms with van der Waals surface area (Å²) >= 11 is 0. The first-order chi connectivity index (χ1) is 14.0. The minimum absolute atomic E-state index is 0.126. The van der Waals surface area contributed by atoms with E-state index in [4.69, 9.17) is 0 Å². The third-order valence-electron chi connectivity index (χ3n) is 7.45. The standard InChI is InChI=1S/C23H32N4O2/c1-17-19-6-2-3-7-20(19)24-21(17)16-25-12-8-23(29)9-13-27(15-18(23)14-25)22(28)26-10-4-5-11-26/h2-3,6-7,18,24,29H,4-5,8-16H2,1H3/t18-,23-/m1/s1. The Bertz CT molecular complexity index is 903. The second-order valence-electron chi connectivity index (χ2n) is 9.23.